The van der Waals surface area contributed by atoms with Crippen LogP contribution in [0.15, 0.2) is 30.3 Å². The lowest BCUT2D eigenvalue weighted by Crippen LogP contribution is -2.41. The van der Waals surface area contributed by atoms with E-state index in [1.807, 2.05) is 51.1 Å². The highest BCUT2D eigenvalue weighted by atomic mass is 31.2. The molecule has 0 amide bonds. The predicted octanol–water partition coefficient (Wildman–Crippen LogP) is 5.37. The van der Waals surface area contributed by atoms with Gasteiger partial charge in [-0.2, -0.15) is 0 Å². The zero-order valence-corrected chi connectivity index (χ0v) is 17.0. The molecule has 4 heteroatoms. The predicted molar refractivity (Wildman–Crippen MR) is 103 cm³/mol. The summed E-state index contributed by atoms with van der Waals surface area (Å²) in [5.74, 6) is 1.64. The van der Waals surface area contributed by atoms with Gasteiger partial charge in [0, 0.05) is 5.54 Å². The Morgan fingerprint density at radius 2 is 1.79 bits per heavy atom. The third kappa shape index (κ3) is 5.18. The van der Waals surface area contributed by atoms with E-state index in [0.29, 0.717) is 17.8 Å². The molecular weight excluding hydrogens is 317 g/mol. The minimum Gasteiger partial charge on any atom is -0.311 e. The first-order valence-corrected chi connectivity index (χ1v) is 10.9. The van der Waals surface area contributed by atoms with Gasteiger partial charge in [-0.25, -0.2) is 5.09 Å². The summed E-state index contributed by atoms with van der Waals surface area (Å²) in [5.41, 5.74) is -0.279. The molecule has 0 unspecified atom stereocenters. The molecule has 136 valence electrons. The van der Waals surface area contributed by atoms with E-state index in [1.165, 1.54) is 6.42 Å². The van der Waals surface area contributed by atoms with Crippen molar-refractivity contribution in [3.05, 3.63) is 30.3 Å². The number of nitrogens with one attached hydrogen (secondary N) is 1. The van der Waals surface area contributed by atoms with Crippen molar-refractivity contribution < 1.29 is 9.09 Å². The summed E-state index contributed by atoms with van der Waals surface area (Å²) in [6.07, 6.45) is 3.44. The minimum atomic E-state index is -3.12. The van der Waals surface area contributed by atoms with Gasteiger partial charge in [-0.1, -0.05) is 45.4 Å². The number of rotatable bonds is 5. The second-order valence-electron chi connectivity index (χ2n) is 8.72. The molecule has 0 heterocycles. The van der Waals surface area contributed by atoms with Crippen molar-refractivity contribution in [3.8, 4) is 0 Å². The zero-order chi connectivity index (χ0) is 18.0. The molecule has 1 fully saturated rings. The number of hydrogen-bond acceptors (Lipinski definition) is 2. The van der Waals surface area contributed by atoms with Gasteiger partial charge in [-0.05, 0) is 63.5 Å². The molecule has 0 aliphatic heterocycles. The maximum atomic E-state index is 13.8. The third-order valence-electron chi connectivity index (χ3n) is 4.82. The Hall–Kier alpha value is -0.630. The first kappa shape index (κ1) is 19.7. The maximum Gasteiger partial charge on any atom is 0.300 e. The standard InChI is InChI=1S/C20H34NO2P/c1-15(2)18-13-12-16(3)14-19(18)23-24(22,21-20(4,5)6)17-10-8-7-9-11-17/h7-11,15-16,18-19H,12-14H2,1-6H3,(H,21,22)/t16-,18-,19+,24-/m0/s1. The monoisotopic (exact) mass is 351 g/mol. The summed E-state index contributed by atoms with van der Waals surface area (Å²) in [6, 6.07) is 9.63. The zero-order valence-electron chi connectivity index (χ0n) is 16.1. The van der Waals surface area contributed by atoms with Crippen molar-refractivity contribution in [2.75, 3.05) is 0 Å². The van der Waals surface area contributed by atoms with Crippen LogP contribution in [0.1, 0.15) is 60.8 Å². The quantitative estimate of drug-likeness (QED) is 0.725. The molecule has 0 aromatic heterocycles. The molecule has 0 radical (unpaired) electrons. The SMILES string of the molecule is CC(C)[C@@H]1CC[C@H](C)C[C@H]1O[P@](=O)(NC(C)(C)C)c1ccccc1. The topological polar surface area (TPSA) is 38.3 Å². The molecule has 0 saturated heterocycles. The first-order valence-electron chi connectivity index (χ1n) is 9.24. The van der Waals surface area contributed by atoms with E-state index < -0.39 is 7.52 Å². The molecule has 24 heavy (non-hydrogen) atoms. The van der Waals surface area contributed by atoms with E-state index in [1.54, 1.807) is 0 Å². The summed E-state index contributed by atoms with van der Waals surface area (Å²) in [6.45, 7) is 12.9. The van der Waals surface area contributed by atoms with Gasteiger partial charge < -0.3 is 4.52 Å². The minimum absolute atomic E-state index is 0.0506. The highest BCUT2D eigenvalue weighted by molar-refractivity contribution is 7.65. The van der Waals surface area contributed by atoms with Gasteiger partial charge in [0.05, 0.1) is 11.4 Å². The van der Waals surface area contributed by atoms with Crippen LogP contribution in [0, 0.1) is 17.8 Å². The van der Waals surface area contributed by atoms with Gasteiger partial charge in [0.25, 0.3) is 7.52 Å². The van der Waals surface area contributed by atoms with Crippen molar-refractivity contribution in [2.45, 2.75) is 72.4 Å². The molecule has 3 nitrogen and oxygen atoms in total. The summed E-state index contributed by atoms with van der Waals surface area (Å²) in [5, 5.41) is 4.07. The molecule has 1 aromatic carbocycles. The van der Waals surface area contributed by atoms with Gasteiger partial charge in [-0.15, -0.1) is 0 Å². The Labute approximate surface area is 148 Å². The summed E-state index contributed by atoms with van der Waals surface area (Å²) < 4.78 is 20.3. The lowest BCUT2D eigenvalue weighted by Gasteiger charge is -2.40. The Morgan fingerprint density at radius 1 is 1.17 bits per heavy atom. The second kappa shape index (κ2) is 7.72. The van der Waals surface area contributed by atoms with Crippen molar-refractivity contribution in [1.82, 2.24) is 5.09 Å². The van der Waals surface area contributed by atoms with Gasteiger partial charge in [-0.3, -0.25) is 4.57 Å². The van der Waals surface area contributed by atoms with E-state index in [0.717, 1.165) is 18.1 Å². The molecule has 1 N–H and O–H groups in total. The summed E-state index contributed by atoms with van der Waals surface area (Å²) in [7, 11) is -3.12. The van der Waals surface area contributed by atoms with Gasteiger partial charge >= 0.3 is 0 Å². The number of benzene rings is 1. The van der Waals surface area contributed by atoms with Crippen LogP contribution in [0.4, 0.5) is 0 Å². The molecule has 4 atom stereocenters. The molecule has 2 rings (SSSR count). The highest BCUT2D eigenvalue weighted by Crippen LogP contribution is 2.49. The lowest BCUT2D eigenvalue weighted by atomic mass is 9.75. The molecule has 0 bridgehead atoms. The summed E-state index contributed by atoms with van der Waals surface area (Å²) in [4.78, 5) is 0. The van der Waals surface area contributed by atoms with E-state index in [4.69, 9.17) is 4.52 Å². The fourth-order valence-corrected chi connectivity index (χ4v) is 6.02. The maximum absolute atomic E-state index is 13.8. The van der Waals surface area contributed by atoms with Gasteiger partial charge in [0.1, 0.15) is 0 Å². The molecule has 1 saturated carbocycles. The average Bonchev–Trinajstić information content (AvgIpc) is 2.46. The fraction of sp³-hybridized carbons (Fsp3) is 0.700. The van der Waals surface area contributed by atoms with E-state index in [-0.39, 0.29) is 11.6 Å². The van der Waals surface area contributed by atoms with Crippen LogP contribution in [0.3, 0.4) is 0 Å². The van der Waals surface area contributed by atoms with Crippen LogP contribution in [0.2, 0.25) is 0 Å². The second-order valence-corrected chi connectivity index (χ2v) is 10.8. The van der Waals surface area contributed by atoms with Crippen LogP contribution in [0.25, 0.3) is 0 Å². The average molecular weight is 351 g/mol. The molecular formula is C20H34NO2P. The Morgan fingerprint density at radius 3 is 2.33 bits per heavy atom. The summed E-state index contributed by atoms with van der Waals surface area (Å²) >= 11 is 0. The van der Waals surface area contributed by atoms with Crippen LogP contribution in [-0.4, -0.2) is 11.6 Å². The van der Waals surface area contributed by atoms with Crippen LogP contribution >= 0.6 is 7.52 Å². The Kier molecular flexibility index (Phi) is 6.34. The van der Waals surface area contributed by atoms with Crippen molar-refractivity contribution in [2.24, 2.45) is 17.8 Å². The van der Waals surface area contributed by atoms with Gasteiger partial charge in [0.15, 0.2) is 0 Å². The number of hydrogen-bond donors (Lipinski definition) is 1. The van der Waals surface area contributed by atoms with E-state index in [2.05, 4.69) is 25.9 Å². The van der Waals surface area contributed by atoms with Crippen molar-refractivity contribution in [3.63, 3.8) is 0 Å². The van der Waals surface area contributed by atoms with E-state index >= 15 is 0 Å². The molecule has 1 aromatic rings. The van der Waals surface area contributed by atoms with Gasteiger partial charge in [0.2, 0.25) is 0 Å². The molecule has 1 aliphatic carbocycles. The Bertz CT molecular complexity index is 565. The van der Waals surface area contributed by atoms with Crippen molar-refractivity contribution >= 4 is 12.8 Å². The first-order chi connectivity index (χ1) is 11.1. The molecule has 0 spiro atoms. The van der Waals surface area contributed by atoms with Crippen LogP contribution in [-0.2, 0) is 9.09 Å². The fourth-order valence-electron chi connectivity index (χ4n) is 3.64. The van der Waals surface area contributed by atoms with Crippen molar-refractivity contribution in [1.29, 1.82) is 0 Å². The third-order valence-corrected chi connectivity index (χ3v) is 7.33. The lowest BCUT2D eigenvalue weighted by molar-refractivity contribution is 0.0474. The Balaban J connectivity index is 2.32. The largest absolute Gasteiger partial charge is 0.311 e. The molecule has 1 aliphatic rings. The normalized spacial score (nSPS) is 27.9. The van der Waals surface area contributed by atoms with Crippen LogP contribution in [0.5, 0.6) is 0 Å². The van der Waals surface area contributed by atoms with Crippen LogP contribution < -0.4 is 10.4 Å². The van der Waals surface area contributed by atoms with E-state index in [9.17, 15) is 4.57 Å². The smallest absolute Gasteiger partial charge is 0.300 e. The highest BCUT2D eigenvalue weighted by Gasteiger charge is 2.39.